The lowest BCUT2D eigenvalue weighted by Gasteiger charge is -2.36. The zero-order valence-corrected chi connectivity index (χ0v) is 18.6. The second-order valence-electron chi connectivity index (χ2n) is 7.59. The summed E-state index contributed by atoms with van der Waals surface area (Å²) in [7, 11) is 4.49. The zero-order valence-electron chi connectivity index (χ0n) is 18.6. The molecule has 1 aromatic heterocycles. The number of imidazole rings is 1. The van der Waals surface area contributed by atoms with Gasteiger partial charge in [-0.25, -0.2) is 14.6 Å². The van der Waals surface area contributed by atoms with Gasteiger partial charge in [0, 0.05) is 24.7 Å². The number of hydrogen-bond donors (Lipinski definition) is 2. The van der Waals surface area contributed by atoms with Gasteiger partial charge in [0.05, 0.1) is 33.4 Å². The number of nitrogens with zero attached hydrogens (tertiary/aromatic N) is 2. The van der Waals surface area contributed by atoms with E-state index in [9.17, 15) is 9.59 Å². The molecule has 3 atom stereocenters. The summed E-state index contributed by atoms with van der Waals surface area (Å²) in [5, 5.41) is 2.88. The number of methoxy groups -OCH3 is 3. The third-order valence-corrected chi connectivity index (χ3v) is 5.82. The van der Waals surface area contributed by atoms with Crippen LogP contribution < -0.4 is 14.8 Å². The number of benzene rings is 1. The Kier molecular flexibility index (Phi) is 7.04. The van der Waals surface area contributed by atoms with Crippen molar-refractivity contribution in [2.75, 3.05) is 27.9 Å². The Bertz CT molecular complexity index is 906. The van der Waals surface area contributed by atoms with Crippen LogP contribution in [0.1, 0.15) is 43.3 Å². The average molecular weight is 431 g/mol. The number of hydrogen-bond acceptors (Lipinski definition) is 6. The second kappa shape index (κ2) is 9.72. The fourth-order valence-corrected chi connectivity index (χ4v) is 3.83. The lowest BCUT2D eigenvalue weighted by atomic mass is 9.95. The molecule has 0 saturated carbocycles. The van der Waals surface area contributed by atoms with Gasteiger partial charge in [-0.2, -0.15) is 0 Å². The third kappa shape index (κ3) is 4.60. The van der Waals surface area contributed by atoms with Crippen LogP contribution in [0.25, 0.3) is 0 Å². The minimum atomic E-state index is -0.733. The van der Waals surface area contributed by atoms with E-state index in [1.807, 2.05) is 26.0 Å². The molecule has 3 unspecified atom stereocenters. The summed E-state index contributed by atoms with van der Waals surface area (Å²) in [6.45, 7) is 4.34. The van der Waals surface area contributed by atoms with Crippen molar-refractivity contribution < 1.29 is 23.8 Å². The van der Waals surface area contributed by atoms with Crippen LogP contribution in [-0.2, 0) is 16.0 Å². The largest absolute Gasteiger partial charge is 0.497 e. The number of rotatable bonds is 7. The molecular weight excluding hydrogens is 400 g/mol. The number of urea groups is 1. The Hall–Kier alpha value is -3.23. The average Bonchev–Trinajstić information content (AvgIpc) is 3.29. The number of carbonyl (C=O) groups is 2. The molecule has 0 aliphatic carbocycles. The predicted octanol–water partition coefficient (Wildman–Crippen LogP) is 2.67. The van der Waals surface area contributed by atoms with Gasteiger partial charge in [-0.1, -0.05) is 20.3 Å². The molecule has 9 heteroatoms. The first-order valence-electron chi connectivity index (χ1n) is 10.3. The quantitative estimate of drug-likeness (QED) is 0.654. The summed E-state index contributed by atoms with van der Waals surface area (Å²) in [5.74, 6) is 0.700. The highest BCUT2D eigenvalue weighted by molar-refractivity contribution is 5.84. The van der Waals surface area contributed by atoms with Gasteiger partial charge in [0.2, 0.25) is 0 Å². The van der Waals surface area contributed by atoms with Crippen LogP contribution in [0.15, 0.2) is 24.5 Å². The van der Waals surface area contributed by atoms with Crippen molar-refractivity contribution >= 4 is 12.0 Å². The molecule has 0 spiro atoms. The molecule has 0 fully saturated rings. The van der Waals surface area contributed by atoms with Gasteiger partial charge in [-0.05, 0) is 23.6 Å². The first-order chi connectivity index (χ1) is 14.9. The van der Waals surface area contributed by atoms with E-state index in [4.69, 9.17) is 14.2 Å². The maximum absolute atomic E-state index is 13.4. The predicted molar refractivity (Wildman–Crippen MR) is 114 cm³/mol. The third-order valence-electron chi connectivity index (χ3n) is 5.82. The van der Waals surface area contributed by atoms with Crippen LogP contribution in [0.2, 0.25) is 0 Å². The molecule has 1 aliphatic heterocycles. The highest BCUT2D eigenvalue weighted by Crippen LogP contribution is 2.37. The Morgan fingerprint density at radius 2 is 1.90 bits per heavy atom. The first kappa shape index (κ1) is 22.5. The number of ether oxygens (including phenoxy) is 3. The van der Waals surface area contributed by atoms with Crippen LogP contribution >= 0.6 is 0 Å². The van der Waals surface area contributed by atoms with Crippen molar-refractivity contribution in [2.24, 2.45) is 5.92 Å². The molecule has 0 radical (unpaired) electrons. The molecule has 1 aliphatic rings. The van der Waals surface area contributed by atoms with Gasteiger partial charge in [-0.3, -0.25) is 0 Å². The van der Waals surface area contributed by atoms with Gasteiger partial charge >= 0.3 is 12.0 Å². The maximum atomic E-state index is 13.4. The summed E-state index contributed by atoms with van der Waals surface area (Å²) >= 11 is 0. The molecule has 2 amide bonds. The van der Waals surface area contributed by atoms with E-state index >= 15 is 0 Å². The molecule has 3 rings (SSSR count). The molecule has 168 valence electrons. The zero-order chi connectivity index (χ0) is 22.5. The van der Waals surface area contributed by atoms with Gasteiger partial charge in [-0.15, -0.1) is 0 Å². The van der Waals surface area contributed by atoms with Crippen molar-refractivity contribution in [3.63, 3.8) is 0 Å². The lowest BCUT2D eigenvalue weighted by molar-refractivity contribution is -0.144. The van der Waals surface area contributed by atoms with Crippen molar-refractivity contribution in [2.45, 2.75) is 38.8 Å². The second-order valence-corrected chi connectivity index (χ2v) is 7.59. The van der Waals surface area contributed by atoms with Crippen molar-refractivity contribution in [3.05, 3.63) is 41.5 Å². The first-order valence-corrected chi connectivity index (χ1v) is 10.3. The SMILES string of the molecule is CCC(C)C(NC(=O)N1CCc2[nH]cnc2C1c1cc(OC)cc(OC)c1)C(=O)OC. The smallest absolute Gasteiger partial charge is 0.328 e. The summed E-state index contributed by atoms with van der Waals surface area (Å²) in [6, 6.07) is 3.96. The molecule has 0 bridgehead atoms. The Labute approximate surface area is 182 Å². The minimum Gasteiger partial charge on any atom is -0.497 e. The molecule has 2 heterocycles. The van der Waals surface area contributed by atoms with Crippen molar-refractivity contribution in [1.82, 2.24) is 20.2 Å². The number of nitrogens with one attached hydrogen (secondary N) is 2. The van der Waals surface area contributed by atoms with Gasteiger partial charge < -0.3 is 29.4 Å². The van der Waals surface area contributed by atoms with Crippen LogP contribution in [0.4, 0.5) is 4.79 Å². The molecule has 2 aromatic rings. The summed E-state index contributed by atoms with van der Waals surface area (Å²) < 4.78 is 15.8. The molecular formula is C22H30N4O5. The highest BCUT2D eigenvalue weighted by atomic mass is 16.5. The van der Waals surface area contributed by atoms with E-state index in [-0.39, 0.29) is 11.9 Å². The number of fused-ring (bicyclic) bond motifs is 1. The summed E-state index contributed by atoms with van der Waals surface area (Å²) in [4.78, 5) is 35.0. The van der Waals surface area contributed by atoms with E-state index < -0.39 is 18.1 Å². The number of H-pyrrole nitrogens is 1. The van der Waals surface area contributed by atoms with Gasteiger partial charge in [0.1, 0.15) is 23.6 Å². The van der Waals surface area contributed by atoms with Crippen LogP contribution in [0.5, 0.6) is 11.5 Å². The molecule has 2 N–H and O–H groups in total. The summed E-state index contributed by atoms with van der Waals surface area (Å²) in [6.07, 6.45) is 2.99. The molecule has 0 saturated heterocycles. The lowest BCUT2D eigenvalue weighted by Crippen LogP contribution is -2.53. The van der Waals surface area contributed by atoms with Gasteiger partial charge in [0.15, 0.2) is 0 Å². The van der Waals surface area contributed by atoms with Gasteiger partial charge in [0.25, 0.3) is 0 Å². The fourth-order valence-electron chi connectivity index (χ4n) is 3.83. The molecule has 31 heavy (non-hydrogen) atoms. The van der Waals surface area contributed by atoms with Crippen LogP contribution in [0.3, 0.4) is 0 Å². The summed E-state index contributed by atoms with van der Waals surface area (Å²) in [5.41, 5.74) is 2.54. The molecule has 1 aromatic carbocycles. The number of amides is 2. The topological polar surface area (TPSA) is 106 Å². The number of aromatic amines is 1. The highest BCUT2D eigenvalue weighted by Gasteiger charge is 2.37. The normalized spacial score (nSPS) is 17.3. The van der Waals surface area contributed by atoms with Crippen molar-refractivity contribution in [3.8, 4) is 11.5 Å². The van der Waals surface area contributed by atoms with Crippen LogP contribution in [0, 0.1) is 5.92 Å². The Balaban J connectivity index is 1.99. The standard InChI is InChI=1S/C22H30N4O5/c1-6-13(2)18(21(27)31-5)25-22(28)26-8-7-17-19(24-12-23-17)20(26)14-9-15(29-3)11-16(10-14)30-4/h9-13,18,20H,6-8H2,1-5H3,(H,23,24)(H,25,28). The fraction of sp³-hybridized carbons (Fsp3) is 0.500. The Morgan fingerprint density at radius 3 is 2.48 bits per heavy atom. The monoisotopic (exact) mass is 430 g/mol. The van der Waals surface area contributed by atoms with E-state index in [1.165, 1.54) is 7.11 Å². The number of carbonyl (C=O) groups excluding carboxylic acids is 2. The molecule has 9 nitrogen and oxygen atoms in total. The number of aromatic nitrogens is 2. The van der Waals surface area contributed by atoms with Crippen molar-refractivity contribution in [1.29, 1.82) is 0 Å². The maximum Gasteiger partial charge on any atom is 0.328 e. The van der Waals surface area contributed by atoms with E-state index in [0.29, 0.717) is 24.5 Å². The Morgan fingerprint density at radius 1 is 1.23 bits per heavy atom. The van der Waals surface area contributed by atoms with E-state index in [1.54, 1.807) is 31.5 Å². The number of esters is 1. The van der Waals surface area contributed by atoms with E-state index in [2.05, 4.69) is 15.3 Å². The van der Waals surface area contributed by atoms with E-state index in [0.717, 1.165) is 23.4 Å². The minimum absolute atomic E-state index is 0.0718. The van der Waals surface area contributed by atoms with Crippen LogP contribution in [-0.4, -0.2) is 60.8 Å².